The van der Waals surface area contributed by atoms with Gasteiger partial charge in [-0.2, -0.15) is 0 Å². The van der Waals surface area contributed by atoms with Gasteiger partial charge in [0.2, 0.25) is 0 Å². The van der Waals surface area contributed by atoms with Gasteiger partial charge in [0.05, 0.1) is 9.95 Å². The van der Waals surface area contributed by atoms with Gasteiger partial charge in [0.1, 0.15) is 5.75 Å². The van der Waals surface area contributed by atoms with Gasteiger partial charge in [-0.15, -0.1) is 0 Å². The van der Waals surface area contributed by atoms with Gasteiger partial charge in [-0.3, -0.25) is 10.1 Å². The van der Waals surface area contributed by atoms with Gasteiger partial charge >= 0.3 is 0 Å². The molecule has 2 aromatic rings. The number of nitro benzene ring substituents is 1. The van der Waals surface area contributed by atoms with Crippen molar-refractivity contribution in [3.05, 3.63) is 56.6 Å². The first-order valence-electron chi connectivity index (χ1n) is 6.84. The highest BCUT2D eigenvalue weighted by Gasteiger charge is 2.16. The third kappa shape index (κ3) is 3.14. The van der Waals surface area contributed by atoms with Crippen molar-refractivity contribution in [1.82, 2.24) is 0 Å². The Bertz CT molecular complexity index is 712. The number of non-ortho nitro benzene ring substituents is 1. The molecule has 0 aromatic heterocycles. The highest BCUT2D eigenvalue weighted by atomic mass is 35.5. The fraction of sp³-hybridized carbons (Fsp3) is 0.250. The second kappa shape index (κ2) is 6.23. The van der Waals surface area contributed by atoms with Gasteiger partial charge in [-0.25, -0.2) is 0 Å². The smallest absolute Gasteiger partial charge is 0.269 e. The van der Waals surface area contributed by atoms with E-state index in [1.165, 1.54) is 12.1 Å². The largest absolute Gasteiger partial charge is 0.506 e. The van der Waals surface area contributed by atoms with Crippen LogP contribution in [0.5, 0.6) is 5.75 Å². The molecule has 0 unspecified atom stereocenters. The van der Waals surface area contributed by atoms with Crippen LogP contribution >= 0.6 is 11.6 Å². The molecule has 0 saturated heterocycles. The molecule has 0 atom stereocenters. The Morgan fingerprint density at radius 1 is 1.27 bits per heavy atom. The van der Waals surface area contributed by atoms with Gasteiger partial charge in [-0.05, 0) is 36.6 Å². The fourth-order valence-corrected chi connectivity index (χ4v) is 2.36. The molecular formula is C16H17ClN2O3. The summed E-state index contributed by atoms with van der Waals surface area (Å²) < 4.78 is 0. The molecule has 5 nitrogen and oxygen atoms in total. The van der Waals surface area contributed by atoms with Crippen LogP contribution in [-0.2, 0) is 0 Å². The summed E-state index contributed by atoms with van der Waals surface area (Å²) in [6, 6.07) is 7.98. The summed E-state index contributed by atoms with van der Waals surface area (Å²) in [4.78, 5) is 10.2. The lowest BCUT2D eigenvalue weighted by atomic mass is 9.99. The van der Waals surface area contributed by atoms with Gasteiger partial charge in [0.15, 0.2) is 0 Å². The van der Waals surface area contributed by atoms with Crippen LogP contribution < -0.4 is 5.32 Å². The number of aromatic hydroxyl groups is 1. The van der Waals surface area contributed by atoms with Gasteiger partial charge in [-0.1, -0.05) is 25.4 Å². The maximum absolute atomic E-state index is 10.7. The normalized spacial score (nSPS) is 10.8. The van der Waals surface area contributed by atoms with Gasteiger partial charge < -0.3 is 10.4 Å². The molecule has 2 N–H and O–H groups in total. The van der Waals surface area contributed by atoms with Crippen LogP contribution in [0.15, 0.2) is 30.3 Å². The Kier molecular flexibility index (Phi) is 4.56. The van der Waals surface area contributed by atoms with Crippen molar-refractivity contribution in [3.8, 4) is 5.75 Å². The SMILES string of the molecule is Cc1c(Nc2ccc([N+](=O)[O-])cc2)cc(C(C)C)c(O)c1Cl. The van der Waals surface area contributed by atoms with E-state index >= 15 is 0 Å². The molecule has 0 bridgehead atoms. The van der Waals surface area contributed by atoms with Crippen LogP contribution in [0.4, 0.5) is 17.1 Å². The predicted octanol–water partition coefficient (Wildman–Crippen LogP) is 5.13. The van der Waals surface area contributed by atoms with Crippen LogP contribution in [0.25, 0.3) is 0 Å². The molecule has 0 amide bonds. The van der Waals surface area contributed by atoms with Crippen molar-refractivity contribution < 1.29 is 10.0 Å². The molecule has 116 valence electrons. The van der Waals surface area contributed by atoms with Crippen molar-refractivity contribution in [2.75, 3.05) is 5.32 Å². The van der Waals surface area contributed by atoms with Crippen LogP contribution in [0, 0.1) is 17.0 Å². The second-order valence-corrected chi connectivity index (χ2v) is 5.76. The molecule has 0 radical (unpaired) electrons. The summed E-state index contributed by atoms with van der Waals surface area (Å²) in [5.74, 6) is 0.221. The van der Waals surface area contributed by atoms with Gasteiger partial charge in [0.25, 0.3) is 5.69 Å². The Morgan fingerprint density at radius 2 is 1.86 bits per heavy atom. The number of nitro groups is 1. The quantitative estimate of drug-likeness (QED) is 0.465. The molecule has 0 aliphatic rings. The Labute approximate surface area is 133 Å². The van der Waals surface area contributed by atoms with Crippen LogP contribution in [0.3, 0.4) is 0 Å². The van der Waals surface area contributed by atoms with Crippen molar-refractivity contribution in [3.63, 3.8) is 0 Å². The molecular weight excluding hydrogens is 304 g/mol. The summed E-state index contributed by atoms with van der Waals surface area (Å²) >= 11 is 6.19. The molecule has 0 aliphatic heterocycles. The molecule has 0 saturated carbocycles. The summed E-state index contributed by atoms with van der Waals surface area (Å²) in [7, 11) is 0. The minimum Gasteiger partial charge on any atom is -0.506 e. The number of halogens is 1. The Balaban J connectivity index is 2.38. The number of phenols is 1. The summed E-state index contributed by atoms with van der Waals surface area (Å²) in [5, 5.41) is 24.3. The lowest BCUT2D eigenvalue weighted by Crippen LogP contribution is -1.98. The third-order valence-electron chi connectivity index (χ3n) is 3.49. The van der Waals surface area contributed by atoms with E-state index in [9.17, 15) is 15.2 Å². The monoisotopic (exact) mass is 320 g/mol. The molecule has 0 fully saturated rings. The first-order valence-corrected chi connectivity index (χ1v) is 7.22. The minimum atomic E-state index is -0.441. The van der Waals surface area contributed by atoms with E-state index in [-0.39, 0.29) is 17.4 Å². The highest BCUT2D eigenvalue weighted by molar-refractivity contribution is 6.33. The average Bonchev–Trinajstić information content (AvgIpc) is 2.48. The van der Waals surface area contributed by atoms with E-state index in [0.717, 1.165) is 16.8 Å². The summed E-state index contributed by atoms with van der Waals surface area (Å²) in [6.07, 6.45) is 0. The van der Waals surface area contributed by atoms with E-state index in [0.29, 0.717) is 10.7 Å². The number of hydrogen-bond acceptors (Lipinski definition) is 4. The second-order valence-electron chi connectivity index (χ2n) is 5.38. The van der Waals surface area contributed by atoms with Crippen molar-refractivity contribution in [2.24, 2.45) is 0 Å². The zero-order valence-electron chi connectivity index (χ0n) is 12.6. The van der Waals surface area contributed by atoms with E-state index < -0.39 is 4.92 Å². The number of nitrogens with zero attached hydrogens (tertiary/aromatic N) is 1. The molecule has 22 heavy (non-hydrogen) atoms. The fourth-order valence-electron chi connectivity index (χ4n) is 2.15. The van der Waals surface area contributed by atoms with E-state index in [1.54, 1.807) is 19.1 Å². The van der Waals surface area contributed by atoms with E-state index in [1.807, 2.05) is 19.9 Å². The zero-order chi connectivity index (χ0) is 16.4. The van der Waals surface area contributed by atoms with Crippen LogP contribution in [0.2, 0.25) is 5.02 Å². The molecule has 0 heterocycles. The average molecular weight is 321 g/mol. The predicted molar refractivity (Wildman–Crippen MR) is 88.3 cm³/mol. The zero-order valence-corrected chi connectivity index (χ0v) is 13.3. The molecule has 2 aromatic carbocycles. The molecule has 2 rings (SSSR count). The third-order valence-corrected chi connectivity index (χ3v) is 3.96. The van der Waals surface area contributed by atoms with E-state index in [2.05, 4.69) is 5.32 Å². The van der Waals surface area contributed by atoms with Crippen molar-refractivity contribution >= 4 is 28.7 Å². The maximum atomic E-state index is 10.7. The van der Waals surface area contributed by atoms with Crippen LogP contribution in [-0.4, -0.2) is 10.0 Å². The Hall–Kier alpha value is -2.27. The lowest BCUT2D eigenvalue weighted by molar-refractivity contribution is -0.384. The Morgan fingerprint density at radius 3 is 2.36 bits per heavy atom. The lowest BCUT2D eigenvalue weighted by Gasteiger charge is -2.17. The highest BCUT2D eigenvalue weighted by Crippen LogP contribution is 2.40. The molecule has 0 spiro atoms. The maximum Gasteiger partial charge on any atom is 0.269 e. The molecule has 0 aliphatic carbocycles. The summed E-state index contributed by atoms with van der Waals surface area (Å²) in [6.45, 7) is 5.74. The molecule has 6 heteroatoms. The summed E-state index contributed by atoms with van der Waals surface area (Å²) in [5.41, 5.74) is 2.99. The standard InChI is InChI=1S/C16H17ClN2O3/c1-9(2)13-8-14(10(3)15(17)16(13)20)18-11-4-6-12(7-5-11)19(21)22/h4-9,18,20H,1-3H3. The van der Waals surface area contributed by atoms with Crippen molar-refractivity contribution in [2.45, 2.75) is 26.7 Å². The number of nitrogens with one attached hydrogen (secondary N) is 1. The topological polar surface area (TPSA) is 75.4 Å². The minimum absolute atomic E-state index is 0.0360. The number of benzene rings is 2. The first-order chi connectivity index (χ1) is 10.3. The number of hydrogen-bond donors (Lipinski definition) is 2. The number of rotatable bonds is 4. The number of phenolic OH excluding ortho intramolecular Hbond substituents is 1. The van der Waals surface area contributed by atoms with Gasteiger partial charge in [0, 0.05) is 29.1 Å². The van der Waals surface area contributed by atoms with Crippen molar-refractivity contribution in [1.29, 1.82) is 0 Å². The number of anilines is 2. The van der Waals surface area contributed by atoms with E-state index in [4.69, 9.17) is 11.6 Å². The first kappa shape index (κ1) is 16.1. The van der Waals surface area contributed by atoms with Crippen LogP contribution in [0.1, 0.15) is 30.9 Å².